The molecule has 106 valence electrons. The van der Waals surface area contributed by atoms with E-state index in [0.29, 0.717) is 6.61 Å². The molecule has 1 atom stereocenters. The maximum atomic E-state index is 6.02. The van der Waals surface area contributed by atoms with E-state index in [1.807, 2.05) is 13.1 Å². The van der Waals surface area contributed by atoms with Gasteiger partial charge in [-0.15, -0.1) is 0 Å². The van der Waals surface area contributed by atoms with Crippen LogP contribution in [0.3, 0.4) is 0 Å². The summed E-state index contributed by atoms with van der Waals surface area (Å²) in [5.41, 5.74) is 1.15. The van der Waals surface area contributed by atoms with Crippen molar-refractivity contribution < 1.29 is 14.2 Å². The summed E-state index contributed by atoms with van der Waals surface area (Å²) < 4.78 is 17.8. The smallest absolute Gasteiger partial charge is 0.175 e. The number of rotatable bonds is 5. The molecule has 1 saturated heterocycles. The Morgan fingerprint density at radius 1 is 1.47 bits per heavy atom. The Kier molecular flexibility index (Phi) is 5.48. The van der Waals surface area contributed by atoms with E-state index in [-0.39, 0.29) is 6.10 Å². The van der Waals surface area contributed by atoms with Crippen molar-refractivity contribution in [1.29, 1.82) is 0 Å². The lowest BCUT2D eigenvalue weighted by atomic mass is 10.1. The maximum Gasteiger partial charge on any atom is 0.175 e. The van der Waals surface area contributed by atoms with Crippen LogP contribution in [0.15, 0.2) is 16.6 Å². The molecule has 0 spiro atoms. The normalized spacial score (nSPS) is 19.2. The second-order valence-electron chi connectivity index (χ2n) is 4.60. The third-order valence-electron chi connectivity index (χ3n) is 3.07. The van der Waals surface area contributed by atoms with Gasteiger partial charge in [0.2, 0.25) is 0 Å². The van der Waals surface area contributed by atoms with Crippen LogP contribution in [0.4, 0.5) is 0 Å². The number of hydrogen-bond donors (Lipinski definition) is 1. The summed E-state index contributed by atoms with van der Waals surface area (Å²) in [5, 5.41) is 3.13. The second kappa shape index (κ2) is 7.12. The zero-order chi connectivity index (χ0) is 13.7. The highest BCUT2D eigenvalue weighted by molar-refractivity contribution is 9.10. The van der Waals surface area contributed by atoms with Gasteiger partial charge in [0.1, 0.15) is 6.10 Å². The first-order chi connectivity index (χ1) is 9.24. The fourth-order valence-corrected chi connectivity index (χ4v) is 2.75. The molecule has 0 aliphatic carbocycles. The van der Waals surface area contributed by atoms with Gasteiger partial charge in [0.05, 0.1) is 18.2 Å². The van der Waals surface area contributed by atoms with E-state index < -0.39 is 0 Å². The van der Waals surface area contributed by atoms with E-state index in [0.717, 1.165) is 47.5 Å². The minimum Gasteiger partial charge on any atom is -0.493 e. The zero-order valence-corrected chi connectivity index (χ0v) is 13.0. The predicted molar refractivity (Wildman–Crippen MR) is 77.9 cm³/mol. The molecule has 1 aromatic rings. The molecule has 0 aromatic heterocycles. The third-order valence-corrected chi connectivity index (χ3v) is 3.66. The summed E-state index contributed by atoms with van der Waals surface area (Å²) in [6.07, 6.45) is 2.17. The molecular formula is C14H20BrNO3. The predicted octanol–water partition coefficient (Wildman–Crippen LogP) is 2.73. The molecule has 1 aliphatic heterocycles. The third kappa shape index (κ3) is 3.84. The Hall–Kier alpha value is -0.780. The van der Waals surface area contributed by atoms with E-state index in [2.05, 4.69) is 27.3 Å². The van der Waals surface area contributed by atoms with Crippen molar-refractivity contribution in [2.24, 2.45) is 0 Å². The molecule has 19 heavy (non-hydrogen) atoms. The van der Waals surface area contributed by atoms with Crippen LogP contribution in [0, 0.1) is 0 Å². The van der Waals surface area contributed by atoms with Crippen molar-refractivity contribution in [2.75, 3.05) is 27.4 Å². The number of nitrogens with one attached hydrogen (secondary N) is 1. The molecule has 0 radical (unpaired) electrons. The van der Waals surface area contributed by atoms with Crippen molar-refractivity contribution in [1.82, 2.24) is 5.32 Å². The lowest BCUT2D eigenvalue weighted by Crippen LogP contribution is -2.28. The summed E-state index contributed by atoms with van der Waals surface area (Å²) in [4.78, 5) is 0. The molecule has 0 amide bonds. The molecule has 1 aromatic carbocycles. The summed E-state index contributed by atoms with van der Waals surface area (Å²) in [6, 6.07) is 4.05. The molecule has 4 nitrogen and oxygen atoms in total. The lowest BCUT2D eigenvalue weighted by Gasteiger charge is -2.25. The van der Waals surface area contributed by atoms with E-state index in [4.69, 9.17) is 14.2 Å². The van der Waals surface area contributed by atoms with Gasteiger partial charge in [-0.2, -0.15) is 0 Å². The van der Waals surface area contributed by atoms with E-state index in [9.17, 15) is 0 Å². The van der Waals surface area contributed by atoms with Gasteiger partial charge in [-0.3, -0.25) is 0 Å². The first-order valence-corrected chi connectivity index (χ1v) is 7.29. The fourth-order valence-electron chi connectivity index (χ4n) is 2.16. The van der Waals surface area contributed by atoms with Crippen molar-refractivity contribution in [3.63, 3.8) is 0 Å². The Morgan fingerprint density at radius 2 is 2.32 bits per heavy atom. The highest BCUT2D eigenvalue weighted by Gasteiger charge is 2.19. The Bertz CT molecular complexity index is 419. The molecule has 0 saturated carbocycles. The largest absolute Gasteiger partial charge is 0.493 e. The molecule has 0 bridgehead atoms. The van der Waals surface area contributed by atoms with Crippen molar-refractivity contribution >= 4 is 15.9 Å². The number of benzene rings is 1. The summed E-state index contributed by atoms with van der Waals surface area (Å²) in [6.45, 7) is 2.27. The number of ether oxygens (including phenoxy) is 3. The van der Waals surface area contributed by atoms with Crippen LogP contribution < -0.4 is 14.8 Å². The topological polar surface area (TPSA) is 39.7 Å². The first-order valence-electron chi connectivity index (χ1n) is 6.50. The van der Waals surface area contributed by atoms with Crippen LogP contribution in [-0.4, -0.2) is 33.5 Å². The van der Waals surface area contributed by atoms with Crippen LogP contribution >= 0.6 is 15.9 Å². The summed E-state index contributed by atoms with van der Waals surface area (Å²) in [7, 11) is 3.58. The highest BCUT2D eigenvalue weighted by atomic mass is 79.9. The molecule has 1 aliphatic rings. The average Bonchev–Trinajstić information content (AvgIpc) is 2.43. The quantitative estimate of drug-likeness (QED) is 0.901. The Labute approximate surface area is 122 Å². The number of hydrogen-bond acceptors (Lipinski definition) is 4. The van der Waals surface area contributed by atoms with Gasteiger partial charge in [-0.1, -0.05) is 0 Å². The van der Waals surface area contributed by atoms with Gasteiger partial charge < -0.3 is 19.5 Å². The molecular weight excluding hydrogens is 310 g/mol. The van der Waals surface area contributed by atoms with Crippen molar-refractivity contribution in [2.45, 2.75) is 25.5 Å². The molecule has 1 fully saturated rings. The van der Waals surface area contributed by atoms with E-state index >= 15 is 0 Å². The van der Waals surface area contributed by atoms with Gasteiger partial charge in [0, 0.05) is 13.2 Å². The summed E-state index contributed by atoms with van der Waals surface area (Å²) >= 11 is 3.56. The fraction of sp³-hybridized carbons (Fsp3) is 0.571. The summed E-state index contributed by atoms with van der Waals surface area (Å²) in [5.74, 6) is 1.52. The molecule has 1 N–H and O–H groups in total. The van der Waals surface area contributed by atoms with Crippen LogP contribution in [0.5, 0.6) is 11.5 Å². The van der Waals surface area contributed by atoms with Crippen LogP contribution in [-0.2, 0) is 11.3 Å². The molecule has 2 rings (SSSR count). The standard InChI is InChI=1S/C14H20BrNO3/c1-16-8-10-6-12(15)14(13(7-10)17-2)19-11-4-3-5-18-9-11/h6-7,11,16H,3-5,8-9H2,1-2H3. The molecule has 5 heteroatoms. The highest BCUT2D eigenvalue weighted by Crippen LogP contribution is 2.38. The van der Waals surface area contributed by atoms with Gasteiger partial charge in [0.25, 0.3) is 0 Å². The zero-order valence-electron chi connectivity index (χ0n) is 11.4. The Balaban J connectivity index is 2.17. The molecule has 1 unspecified atom stereocenters. The van der Waals surface area contributed by atoms with E-state index in [1.54, 1.807) is 7.11 Å². The van der Waals surface area contributed by atoms with Crippen molar-refractivity contribution in [3.05, 3.63) is 22.2 Å². The Morgan fingerprint density at radius 3 is 2.95 bits per heavy atom. The maximum absolute atomic E-state index is 6.02. The number of halogens is 1. The minimum atomic E-state index is 0.106. The van der Waals surface area contributed by atoms with Crippen LogP contribution in [0.2, 0.25) is 0 Å². The van der Waals surface area contributed by atoms with E-state index in [1.165, 1.54) is 0 Å². The number of methoxy groups -OCH3 is 1. The van der Waals surface area contributed by atoms with Crippen molar-refractivity contribution in [3.8, 4) is 11.5 Å². The van der Waals surface area contributed by atoms with Gasteiger partial charge in [0.15, 0.2) is 11.5 Å². The minimum absolute atomic E-state index is 0.106. The SMILES string of the molecule is CNCc1cc(Br)c(OC2CCCOC2)c(OC)c1. The van der Waals surface area contributed by atoms with Gasteiger partial charge in [-0.05, 0) is 53.5 Å². The average molecular weight is 330 g/mol. The van der Waals surface area contributed by atoms with Crippen LogP contribution in [0.25, 0.3) is 0 Å². The lowest BCUT2D eigenvalue weighted by molar-refractivity contribution is 0.00610. The molecule has 1 heterocycles. The van der Waals surface area contributed by atoms with Crippen LogP contribution in [0.1, 0.15) is 18.4 Å². The monoisotopic (exact) mass is 329 g/mol. The van der Waals surface area contributed by atoms with Gasteiger partial charge >= 0.3 is 0 Å². The van der Waals surface area contributed by atoms with Gasteiger partial charge in [-0.25, -0.2) is 0 Å². The second-order valence-corrected chi connectivity index (χ2v) is 5.45. The first kappa shape index (κ1) is 14.6.